The first-order valence-corrected chi connectivity index (χ1v) is 8.81. The van der Waals surface area contributed by atoms with Crippen LogP contribution in [0, 0.1) is 13.8 Å². The van der Waals surface area contributed by atoms with Crippen LogP contribution in [0.25, 0.3) is 0 Å². The Hall–Kier alpha value is -1.33. The SMILES string of the molecule is Cc1cc(C(=O)N2CC3(CC(N4CCCCC4)CO3)C2)c(C)o1. The number of nitrogens with zero attached hydrogens (tertiary/aromatic N) is 2. The Bertz CT molecular complexity index is 597. The molecule has 23 heavy (non-hydrogen) atoms. The van der Waals surface area contributed by atoms with Crippen molar-refractivity contribution in [3.8, 4) is 0 Å². The third kappa shape index (κ3) is 2.70. The van der Waals surface area contributed by atoms with Crippen LogP contribution in [0.1, 0.15) is 47.6 Å². The van der Waals surface area contributed by atoms with E-state index in [9.17, 15) is 4.79 Å². The largest absolute Gasteiger partial charge is 0.466 e. The molecule has 126 valence electrons. The molecule has 0 saturated carbocycles. The summed E-state index contributed by atoms with van der Waals surface area (Å²) in [7, 11) is 0. The van der Waals surface area contributed by atoms with E-state index in [0.717, 1.165) is 31.9 Å². The van der Waals surface area contributed by atoms with Crippen molar-refractivity contribution in [2.24, 2.45) is 0 Å². The first-order valence-electron chi connectivity index (χ1n) is 8.81. The summed E-state index contributed by atoms with van der Waals surface area (Å²) in [6.07, 6.45) is 5.06. The molecule has 5 nitrogen and oxygen atoms in total. The molecule has 0 radical (unpaired) electrons. The number of carbonyl (C=O) groups is 1. The van der Waals surface area contributed by atoms with Crippen molar-refractivity contribution in [2.75, 3.05) is 32.8 Å². The zero-order valence-corrected chi connectivity index (χ0v) is 14.1. The van der Waals surface area contributed by atoms with E-state index >= 15 is 0 Å². The molecule has 0 N–H and O–H groups in total. The Morgan fingerprint density at radius 1 is 1.22 bits per heavy atom. The molecule has 3 aliphatic rings. The molecule has 4 rings (SSSR count). The van der Waals surface area contributed by atoms with Gasteiger partial charge in [-0.05, 0) is 52.3 Å². The highest BCUT2D eigenvalue weighted by molar-refractivity contribution is 5.96. The fourth-order valence-electron chi connectivity index (χ4n) is 4.37. The van der Waals surface area contributed by atoms with Crippen LogP contribution in [0.15, 0.2) is 10.5 Å². The van der Waals surface area contributed by atoms with Gasteiger partial charge in [-0.15, -0.1) is 0 Å². The number of ether oxygens (including phenoxy) is 1. The van der Waals surface area contributed by atoms with Crippen molar-refractivity contribution in [3.05, 3.63) is 23.2 Å². The highest BCUT2D eigenvalue weighted by atomic mass is 16.5. The lowest BCUT2D eigenvalue weighted by atomic mass is 9.88. The average Bonchev–Trinajstić information content (AvgIpc) is 3.10. The molecule has 3 fully saturated rings. The van der Waals surface area contributed by atoms with Crippen LogP contribution in [0.3, 0.4) is 0 Å². The van der Waals surface area contributed by atoms with Gasteiger partial charge in [0.1, 0.15) is 17.1 Å². The molecule has 4 heterocycles. The fourth-order valence-corrected chi connectivity index (χ4v) is 4.37. The van der Waals surface area contributed by atoms with Gasteiger partial charge >= 0.3 is 0 Å². The monoisotopic (exact) mass is 318 g/mol. The highest BCUT2D eigenvalue weighted by Crippen LogP contribution is 2.38. The minimum atomic E-state index is -0.0928. The second kappa shape index (κ2) is 5.64. The van der Waals surface area contributed by atoms with Crippen LogP contribution in [-0.2, 0) is 4.74 Å². The number of hydrogen-bond acceptors (Lipinski definition) is 4. The topological polar surface area (TPSA) is 45.9 Å². The molecule has 3 saturated heterocycles. The number of piperidine rings is 1. The summed E-state index contributed by atoms with van der Waals surface area (Å²) in [5.74, 6) is 1.59. The lowest BCUT2D eigenvalue weighted by Gasteiger charge is -2.47. The number of carbonyl (C=O) groups excluding carboxylic acids is 1. The third-order valence-electron chi connectivity index (χ3n) is 5.61. The predicted octanol–water partition coefficient (Wildman–Crippen LogP) is 2.37. The van der Waals surface area contributed by atoms with Gasteiger partial charge in [-0.25, -0.2) is 0 Å². The second-order valence-electron chi connectivity index (χ2n) is 7.44. The quantitative estimate of drug-likeness (QED) is 0.840. The van der Waals surface area contributed by atoms with Crippen LogP contribution in [0.2, 0.25) is 0 Å². The third-order valence-corrected chi connectivity index (χ3v) is 5.61. The average molecular weight is 318 g/mol. The van der Waals surface area contributed by atoms with E-state index in [1.807, 2.05) is 24.8 Å². The molecule has 0 aliphatic carbocycles. The molecule has 0 aromatic carbocycles. The maximum Gasteiger partial charge on any atom is 0.257 e. The van der Waals surface area contributed by atoms with Crippen molar-refractivity contribution in [3.63, 3.8) is 0 Å². The Morgan fingerprint density at radius 2 is 1.96 bits per heavy atom. The van der Waals surface area contributed by atoms with E-state index in [-0.39, 0.29) is 11.5 Å². The highest BCUT2D eigenvalue weighted by Gasteiger charge is 2.52. The van der Waals surface area contributed by atoms with E-state index in [2.05, 4.69) is 4.90 Å². The number of furan rings is 1. The standard InChI is InChI=1S/C18H26N2O3/c1-13-8-16(14(2)23-13)17(21)20-11-18(12-20)9-15(10-22-18)19-6-4-3-5-7-19/h8,15H,3-7,9-12H2,1-2H3. The van der Waals surface area contributed by atoms with Crippen molar-refractivity contribution < 1.29 is 13.9 Å². The molecule has 0 bridgehead atoms. The van der Waals surface area contributed by atoms with Crippen LogP contribution < -0.4 is 0 Å². The molecule has 1 unspecified atom stereocenters. The van der Waals surface area contributed by atoms with Gasteiger partial charge in [-0.1, -0.05) is 6.42 Å². The summed E-state index contributed by atoms with van der Waals surface area (Å²) in [6.45, 7) is 8.42. The van der Waals surface area contributed by atoms with Gasteiger partial charge in [-0.2, -0.15) is 0 Å². The maximum atomic E-state index is 12.6. The van der Waals surface area contributed by atoms with Crippen molar-refractivity contribution >= 4 is 5.91 Å². The van der Waals surface area contributed by atoms with Crippen LogP contribution in [0.5, 0.6) is 0 Å². The van der Waals surface area contributed by atoms with Gasteiger partial charge in [0.2, 0.25) is 0 Å². The second-order valence-corrected chi connectivity index (χ2v) is 7.44. The van der Waals surface area contributed by atoms with Gasteiger partial charge in [-0.3, -0.25) is 9.69 Å². The molecule has 1 aromatic heterocycles. The molecule has 1 spiro atoms. The lowest BCUT2D eigenvalue weighted by molar-refractivity contribution is -0.0951. The van der Waals surface area contributed by atoms with Gasteiger partial charge in [0.05, 0.1) is 25.3 Å². The van der Waals surface area contributed by atoms with Crippen LogP contribution in [0.4, 0.5) is 0 Å². The van der Waals surface area contributed by atoms with Gasteiger partial charge in [0, 0.05) is 6.04 Å². The smallest absolute Gasteiger partial charge is 0.257 e. The van der Waals surface area contributed by atoms with E-state index in [1.54, 1.807) is 0 Å². The van der Waals surface area contributed by atoms with Crippen molar-refractivity contribution in [1.82, 2.24) is 9.80 Å². The van der Waals surface area contributed by atoms with Gasteiger partial charge < -0.3 is 14.1 Å². The van der Waals surface area contributed by atoms with Crippen molar-refractivity contribution in [1.29, 1.82) is 0 Å². The Labute approximate surface area is 137 Å². The molecular weight excluding hydrogens is 292 g/mol. The minimum Gasteiger partial charge on any atom is -0.466 e. The number of hydrogen-bond donors (Lipinski definition) is 0. The molecule has 1 aromatic rings. The number of aryl methyl sites for hydroxylation is 2. The van der Waals surface area contributed by atoms with Crippen LogP contribution >= 0.6 is 0 Å². The van der Waals surface area contributed by atoms with E-state index in [0.29, 0.717) is 17.4 Å². The van der Waals surface area contributed by atoms with E-state index in [1.165, 1.54) is 32.4 Å². The van der Waals surface area contributed by atoms with Crippen molar-refractivity contribution in [2.45, 2.75) is 51.2 Å². The molecule has 5 heteroatoms. The first kappa shape index (κ1) is 15.2. The summed E-state index contributed by atoms with van der Waals surface area (Å²) in [5, 5.41) is 0. The summed E-state index contributed by atoms with van der Waals surface area (Å²) < 4.78 is 11.6. The van der Waals surface area contributed by atoms with Gasteiger partial charge in [0.15, 0.2) is 0 Å². The Kier molecular flexibility index (Phi) is 3.73. The number of rotatable bonds is 2. The van der Waals surface area contributed by atoms with Gasteiger partial charge in [0.25, 0.3) is 5.91 Å². The predicted molar refractivity (Wildman–Crippen MR) is 86.6 cm³/mol. The number of amides is 1. The minimum absolute atomic E-state index is 0.0787. The number of likely N-dealkylation sites (tertiary alicyclic amines) is 2. The molecule has 3 aliphatic heterocycles. The lowest BCUT2D eigenvalue weighted by Crippen LogP contribution is -2.63. The molecular formula is C18H26N2O3. The summed E-state index contributed by atoms with van der Waals surface area (Å²) in [6, 6.07) is 2.39. The van der Waals surface area contributed by atoms with E-state index in [4.69, 9.17) is 9.15 Å². The summed E-state index contributed by atoms with van der Waals surface area (Å²) in [4.78, 5) is 17.1. The van der Waals surface area contributed by atoms with E-state index < -0.39 is 0 Å². The zero-order chi connectivity index (χ0) is 16.0. The maximum absolute atomic E-state index is 12.6. The fraction of sp³-hybridized carbons (Fsp3) is 0.722. The Morgan fingerprint density at radius 3 is 2.61 bits per heavy atom. The normalized spacial score (nSPS) is 27.4. The first-order chi connectivity index (χ1) is 11.1. The molecule has 1 amide bonds. The summed E-state index contributed by atoms with van der Waals surface area (Å²) >= 11 is 0. The Balaban J connectivity index is 1.36. The zero-order valence-electron chi connectivity index (χ0n) is 14.1. The molecule has 1 atom stereocenters. The summed E-state index contributed by atoms with van der Waals surface area (Å²) in [5.41, 5.74) is 0.604. The van der Waals surface area contributed by atoms with Crippen LogP contribution in [-0.4, -0.2) is 60.1 Å².